The molecule has 2 aromatic rings. The molecule has 0 amide bonds. The van der Waals surface area contributed by atoms with Crippen molar-refractivity contribution in [2.45, 2.75) is 45.7 Å². The largest absolute Gasteiger partial charge is 0.304 e. The summed E-state index contributed by atoms with van der Waals surface area (Å²) in [5, 5.41) is 6.71. The zero-order valence-corrected chi connectivity index (χ0v) is 12.8. The molecule has 1 aromatic carbocycles. The second kappa shape index (κ2) is 7.50. The summed E-state index contributed by atoms with van der Waals surface area (Å²) in [6, 6.07) is 7.07. The van der Waals surface area contributed by atoms with Crippen LogP contribution in [0.25, 0.3) is 0 Å². The van der Waals surface area contributed by atoms with E-state index in [4.69, 9.17) is 0 Å². The van der Waals surface area contributed by atoms with E-state index in [1.807, 2.05) is 19.1 Å². The van der Waals surface area contributed by atoms with Gasteiger partial charge in [0.25, 0.3) is 0 Å². The summed E-state index contributed by atoms with van der Waals surface area (Å²) in [6.07, 6.45) is 3.38. The third kappa shape index (κ3) is 4.39. The molecule has 0 spiro atoms. The van der Waals surface area contributed by atoms with Crippen LogP contribution in [0.4, 0.5) is 4.39 Å². The van der Waals surface area contributed by atoms with E-state index in [1.54, 1.807) is 11.3 Å². The lowest BCUT2D eigenvalue weighted by Crippen LogP contribution is -2.21. The van der Waals surface area contributed by atoms with Gasteiger partial charge in [-0.1, -0.05) is 31.9 Å². The molecule has 2 nitrogen and oxygen atoms in total. The van der Waals surface area contributed by atoms with Crippen molar-refractivity contribution in [3.63, 3.8) is 0 Å². The molecule has 1 unspecified atom stereocenters. The Morgan fingerprint density at radius 2 is 2.05 bits per heavy atom. The Kier molecular flexibility index (Phi) is 5.68. The minimum atomic E-state index is -0.182. The van der Waals surface area contributed by atoms with E-state index in [0.717, 1.165) is 42.1 Å². The summed E-state index contributed by atoms with van der Waals surface area (Å²) in [6.45, 7) is 4.96. The first-order valence-corrected chi connectivity index (χ1v) is 7.97. The predicted octanol–water partition coefficient (Wildman–Crippen LogP) is 4.61. The molecule has 2 rings (SSSR count). The van der Waals surface area contributed by atoms with E-state index in [2.05, 4.69) is 22.6 Å². The van der Waals surface area contributed by atoms with Gasteiger partial charge in [-0.25, -0.2) is 9.37 Å². The van der Waals surface area contributed by atoms with Gasteiger partial charge in [-0.2, -0.15) is 0 Å². The molecule has 1 atom stereocenters. The molecule has 0 saturated heterocycles. The number of aryl methyl sites for hydroxylation is 1. The quantitative estimate of drug-likeness (QED) is 0.806. The van der Waals surface area contributed by atoms with Gasteiger partial charge >= 0.3 is 0 Å². The molecule has 0 aliphatic rings. The van der Waals surface area contributed by atoms with E-state index in [1.165, 1.54) is 12.1 Å². The third-order valence-corrected chi connectivity index (χ3v) is 4.25. The van der Waals surface area contributed by atoms with Gasteiger partial charge in [0, 0.05) is 23.7 Å². The molecule has 1 N–H and O–H groups in total. The van der Waals surface area contributed by atoms with Gasteiger partial charge in [-0.3, -0.25) is 0 Å². The number of unbranched alkanes of at least 4 members (excludes halogenated alkanes) is 1. The normalized spacial score (nSPS) is 12.6. The van der Waals surface area contributed by atoms with Crippen LogP contribution in [0.3, 0.4) is 0 Å². The fourth-order valence-corrected chi connectivity index (χ4v) is 2.91. The second-order valence-electron chi connectivity index (χ2n) is 5.01. The smallest absolute Gasteiger partial charge is 0.123 e. The number of aromatic nitrogens is 1. The van der Waals surface area contributed by atoms with E-state index < -0.39 is 0 Å². The zero-order chi connectivity index (χ0) is 14.4. The first kappa shape index (κ1) is 15.1. The first-order valence-electron chi connectivity index (χ1n) is 7.09. The van der Waals surface area contributed by atoms with Gasteiger partial charge in [0.2, 0.25) is 0 Å². The predicted molar refractivity (Wildman–Crippen MR) is 82.4 cm³/mol. The molecule has 0 bridgehead atoms. The molecule has 4 heteroatoms. The molecule has 1 aromatic heterocycles. The van der Waals surface area contributed by atoms with Gasteiger partial charge in [0.1, 0.15) is 10.8 Å². The van der Waals surface area contributed by atoms with Crippen molar-refractivity contribution in [3.8, 4) is 0 Å². The molecule has 0 saturated carbocycles. The van der Waals surface area contributed by atoms with Crippen molar-refractivity contribution >= 4 is 11.3 Å². The lowest BCUT2D eigenvalue weighted by molar-refractivity contribution is 0.479. The number of rotatable bonds is 7. The van der Waals surface area contributed by atoms with Crippen LogP contribution < -0.4 is 5.32 Å². The van der Waals surface area contributed by atoms with E-state index in [0.29, 0.717) is 0 Å². The molecule has 0 aliphatic carbocycles. The Morgan fingerprint density at radius 1 is 1.30 bits per heavy atom. The number of hydrogen-bond acceptors (Lipinski definition) is 3. The molecule has 0 aliphatic heterocycles. The molecule has 20 heavy (non-hydrogen) atoms. The molecule has 0 fully saturated rings. The molecular formula is C16H21FN2S. The molecule has 1 heterocycles. The highest BCUT2D eigenvalue weighted by Crippen LogP contribution is 2.21. The van der Waals surface area contributed by atoms with Crippen molar-refractivity contribution in [1.82, 2.24) is 10.3 Å². The van der Waals surface area contributed by atoms with Crippen LogP contribution in [0.1, 0.15) is 48.5 Å². The summed E-state index contributed by atoms with van der Waals surface area (Å²) in [4.78, 5) is 4.47. The van der Waals surface area contributed by atoms with E-state index >= 15 is 0 Å². The lowest BCUT2D eigenvalue weighted by Gasteiger charge is -2.18. The fourth-order valence-electron chi connectivity index (χ4n) is 2.18. The van der Waals surface area contributed by atoms with Crippen molar-refractivity contribution in [2.75, 3.05) is 0 Å². The number of nitrogens with one attached hydrogen (secondary N) is 1. The van der Waals surface area contributed by atoms with Gasteiger partial charge in [-0.05, 0) is 31.0 Å². The molecule has 0 radical (unpaired) electrons. The van der Waals surface area contributed by atoms with Crippen LogP contribution >= 0.6 is 11.3 Å². The van der Waals surface area contributed by atoms with Gasteiger partial charge in [0.05, 0.1) is 0 Å². The number of thiazole rings is 1. The van der Waals surface area contributed by atoms with Gasteiger partial charge in [-0.15, -0.1) is 11.3 Å². The van der Waals surface area contributed by atoms with Crippen LogP contribution in [0, 0.1) is 12.7 Å². The summed E-state index contributed by atoms with van der Waals surface area (Å²) in [5.41, 5.74) is 2.21. The minimum Gasteiger partial charge on any atom is -0.304 e. The Bertz CT molecular complexity index is 522. The zero-order valence-electron chi connectivity index (χ0n) is 12.0. The molecule has 108 valence electrons. The highest BCUT2D eigenvalue weighted by atomic mass is 32.1. The first-order chi connectivity index (χ1) is 9.69. The van der Waals surface area contributed by atoms with E-state index in [-0.39, 0.29) is 11.9 Å². The van der Waals surface area contributed by atoms with E-state index in [9.17, 15) is 4.39 Å². The maximum absolute atomic E-state index is 13.0. The van der Waals surface area contributed by atoms with Crippen LogP contribution in [0.15, 0.2) is 29.6 Å². The Hall–Kier alpha value is -1.26. The van der Waals surface area contributed by atoms with Crippen molar-refractivity contribution in [3.05, 3.63) is 51.7 Å². The summed E-state index contributed by atoms with van der Waals surface area (Å²) in [7, 11) is 0. The second-order valence-corrected chi connectivity index (χ2v) is 5.95. The maximum Gasteiger partial charge on any atom is 0.123 e. The number of hydrogen-bond donors (Lipinski definition) is 1. The highest BCUT2D eigenvalue weighted by molar-refractivity contribution is 7.09. The lowest BCUT2D eigenvalue weighted by atomic mass is 10.0. The van der Waals surface area contributed by atoms with Gasteiger partial charge < -0.3 is 5.32 Å². The van der Waals surface area contributed by atoms with Crippen molar-refractivity contribution < 1.29 is 4.39 Å². The van der Waals surface area contributed by atoms with Gasteiger partial charge in [0.15, 0.2) is 0 Å². The monoisotopic (exact) mass is 292 g/mol. The topological polar surface area (TPSA) is 24.9 Å². The highest BCUT2D eigenvalue weighted by Gasteiger charge is 2.11. The van der Waals surface area contributed by atoms with Crippen LogP contribution in [-0.4, -0.2) is 4.98 Å². The van der Waals surface area contributed by atoms with Crippen LogP contribution in [0.2, 0.25) is 0 Å². The van der Waals surface area contributed by atoms with Crippen molar-refractivity contribution in [1.29, 1.82) is 0 Å². The summed E-state index contributed by atoms with van der Waals surface area (Å²) < 4.78 is 13.0. The Labute approximate surface area is 124 Å². The number of nitrogens with zero attached hydrogens (tertiary/aromatic N) is 1. The number of benzene rings is 1. The van der Waals surface area contributed by atoms with Crippen molar-refractivity contribution in [2.24, 2.45) is 0 Å². The third-order valence-electron chi connectivity index (χ3n) is 3.28. The average Bonchev–Trinajstić information content (AvgIpc) is 2.86. The minimum absolute atomic E-state index is 0.182. The summed E-state index contributed by atoms with van der Waals surface area (Å²) >= 11 is 1.68. The standard InChI is InChI=1S/C16H21FN2S/c1-3-4-5-15(13-6-8-14(17)9-7-13)18-10-16-19-12(2)11-20-16/h6-9,11,15,18H,3-5,10H2,1-2H3. The van der Waals surface area contributed by atoms with Crippen LogP contribution in [0.5, 0.6) is 0 Å². The Morgan fingerprint density at radius 3 is 2.65 bits per heavy atom. The summed E-state index contributed by atoms with van der Waals surface area (Å²) in [5.74, 6) is -0.182. The number of halogens is 1. The van der Waals surface area contributed by atoms with Crippen LogP contribution in [-0.2, 0) is 6.54 Å². The average molecular weight is 292 g/mol. The maximum atomic E-state index is 13.0. The molecular weight excluding hydrogens is 271 g/mol. The Balaban J connectivity index is 2.01. The fraction of sp³-hybridized carbons (Fsp3) is 0.438. The SMILES string of the molecule is CCCCC(NCc1nc(C)cs1)c1ccc(F)cc1.